The first-order chi connectivity index (χ1) is 27.5. The Morgan fingerprint density at radius 3 is 1.23 bits per heavy atom. The number of ether oxygens (including phenoxy) is 3. The van der Waals surface area contributed by atoms with Crippen LogP contribution in [-0.4, -0.2) is 77.3 Å². The van der Waals surface area contributed by atoms with Gasteiger partial charge < -0.3 is 43.6 Å². The third-order valence-electron chi connectivity index (χ3n) is 7.16. The van der Waals surface area contributed by atoms with Gasteiger partial charge in [-0.25, -0.2) is 28.1 Å². The summed E-state index contributed by atoms with van der Waals surface area (Å²) in [5.74, 6) is -1.51. The lowest BCUT2D eigenvalue weighted by Gasteiger charge is -2.28. The molecule has 21 heteroatoms. The summed E-state index contributed by atoms with van der Waals surface area (Å²) in [6, 6.07) is 19.9. The fourth-order valence-electron chi connectivity index (χ4n) is 4.78. The third-order valence-corrected chi connectivity index (χ3v) is 8.61. The molecule has 6 N–H and O–H groups in total. The van der Waals surface area contributed by atoms with E-state index in [1.165, 1.54) is 6.07 Å². The molecule has 18 nitrogen and oxygen atoms in total. The summed E-state index contributed by atoms with van der Waals surface area (Å²) in [5.41, 5.74) is -0.0981. The molecule has 0 saturated carbocycles. The first-order valence-electron chi connectivity index (χ1n) is 18.5. The maximum Gasteiger partial charge on any atom is 0.469 e. The monoisotopic (exact) mass is 920 g/mol. The molecular weight excluding hydrogens is 861 g/mol. The zero-order chi connectivity index (χ0) is 47.3. The van der Waals surface area contributed by atoms with Gasteiger partial charge in [0.25, 0.3) is 0 Å². The summed E-state index contributed by atoms with van der Waals surface area (Å²) < 4.78 is 61.4. The minimum atomic E-state index is -4.57. The molecule has 342 valence electrons. The van der Waals surface area contributed by atoms with Gasteiger partial charge in [0.05, 0.1) is 36.5 Å². The number of hydrogen-bond acceptors (Lipinski definition) is 12. The van der Waals surface area contributed by atoms with Crippen LogP contribution in [0.25, 0.3) is 0 Å². The van der Waals surface area contributed by atoms with Gasteiger partial charge >= 0.3 is 41.4 Å². The van der Waals surface area contributed by atoms with Gasteiger partial charge in [-0.2, -0.15) is 0 Å². The molecule has 0 aromatic heterocycles. The number of hydrogen-bond donors (Lipinski definition) is 6. The summed E-state index contributed by atoms with van der Waals surface area (Å²) >= 11 is 0. The Labute approximate surface area is 356 Å². The van der Waals surface area contributed by atoms with Crippen LogP contribution < -0.4 is 0 Å². The summed E-state index contributed by atoms with van der Waals surface area (Å²) in [5, 5.41) is 0. The van der Waals surface area contributed by atoms with E-state index < -0.39 is 63.6 Å². The van der Waals surface area contributed by atoms with E-state index >= 15 is 0 Å². The molecule has 0 unspecified atom stereocenters. The van der Waals surface area contributed by atoms with E-state index in [4.69, 9.17) is 43.6 Å². The van der Waals surface area contributed by atoms with E-state index in [-0.39, 0.29) is 31.8 Å². The van der Waals surface area contributed by atoms with Crippen molar-refractivity contribution >= 4 is 41.4 Å². The highest BCUT2D eigenvalue weighted by molar-refractivity contribution is 7.46. The Kier molecular flexibility index (Phi) is 20.6. The highest BCUT2D eigenvalue weighted by Gasteiger charge is 2.31. The van der Waals surface area contributed by atoms with Crippen LogP contribution in [0, 0.1) is 0 Å². The highest BCUT2D eigenvalue weighted by Crippen LogP contribution is 2.40. The zero-order valence-corrected chi connectivity index (χ0v) is 38.9. The molecule has 0 aliphatic heterocycles. The van der Waals surface area contributed by atoms with E-state index in [1.54, 1.807) is 143 Å². The quantitative estimate of drug-likeness (QED) is 0.0516. The van der Waals surface area contributed by atoms with Crippen LogP contribution in [-0.2, 0) is 59.9 Å². The Morgan fingerprint density at radius 1 is 0.475 bits per heavy atom. The summed E-state index contributed by atoms with van der Waals surface area (Å²) in [6.45, 7) is 18.6. The second-order valence-corrected chi connectivity index (χ2v) is 20.6. The number of carbonyl (C=O) groups is 3. The lowest BCUT2D eigenvalue weighted by Crippen LogP contribution is -2.29. The second-order valence-electron chi connectivity index (χ2n) is 16.9. The van der Waals surface area contributed by atoms with E-state index in [0.29, 0.717) is 27.8 Å². The molecule has 3 aromatic rings. The van der Waals surface area contributed by atoms with Crippen LogP contribution >= 0.6 is 23.5 Å². The predicted molar refractivity (Wildman–Crippen MR) is 224 cm³/mol. The fraction of sp³-hybridized carbons (Fsp3) is 0.475. The van der Waals surface area contributed by atoms with Gasteiger partial charge in [0.1, 0.15) is 16.8 Å². The molecule has 3 aromatic carbocycles. The molecule has 0 saturated heterocycles. The molecule has 61 heavy (non-hydrogen) atoms. The number of rotatable bonds is 14. The van der Waals surface area contributed by atoms with Crippen LogP contribution in [0.3, 0.4) is 0 Å². The number of carbonyl (C=O) groups excluding carboxylic acids is 3. The van der Waals surface area contributed by atoms with Crippen LogP contribution in [0.2, 0.25) is 0 Å². The van der Waals surface area contributed by atoms with Gasteiger partial charge in [0.2, 0.25) is 0 Å². The van der Waals surface area contributed by atoms with Crippen molar-refractivity contribution in [3.8, 4) is 0 Å². The van der Waals surface area contributed by atoms with Crippen molar-refractivity contribution in [2.24, 2.45) is 0 Å². The summed E-state index contributed by atoms with van der Waals surface area (Å²) in [4.78, 5) is 88.6. The molecule has 3 rings (SSSR count). The molecule has 0 bridgehead atoms. The van der Waals surface area contributed by atoms with Crippen molar-refractivity contribution in [1.82, 2.24) is 0 Å². The van der Waals surface area contributed by atoms with E-state index in [2.05, 4.69) is 13.6 Å². The smallest absolute Gasteiger partial charge is 0.456 e. The Hall–Kier alpha value is -3.60. The Bertz CT molecular complexity index is 2060. The van der Waals surface area contributed by atoms with Crippen molar-refractivity contribution in [1.29, 1.82) is 0 Å². The van der Waals surface area contributed by atoms with Crippen molar-refractivity contribution < 1.29 is 85.2 Å². The lowest BCUT2D eigenvalue weighted by molar-refractivity contribution is 0.00539. The van der Waals surface area contributed by atoms with E-state index in [1.807, 2.05) is 0 Å². The summed E-state index contributed by atoms with van der Waals surface area (Å²) in [6.07, 6.45) is 0.209. The first kappa shape index (κ1) is 55.4. The molecule has 0 radical (unpaired) electrons. The average Bonchev–Trinajstić information content (AvgIpc) is 3.07. The topological polar surface area (TPSA) is 279 Å². The minimum absolute atomic E-state index is 0.176. The molecule has 0 fully saturated rings. The molecule has 0 atom stereocenters. The van der Waals surface area contributed by atoms with Crippen LogP contribution in [0.1, 0.15) is 124 Å². The van der Waals surface area contributed by atoms with E-state index in [9.17, 15) is 28.1 Å². The number of phosphoric ester groups is 3. The maximum absolute atomic E-state index is 12.3. The van der Waals surface area contributed by atoms with Crippen molar-refractivity contribution in [3.05, 3.63) is 106 Å². The second kappa shape index (κ2) is 22.7. The molecule has 0 aliphatic carbocycles. The van der Waals surface area contributed by atoms with Crippen molar-refractivity contribution in [2.75, 3.05) is 13.2 Å². The van der Waals surface area contributed by atoms with Gasteiger partial charge in [0.15, 0.2) is 0 Å². The number of phosphoric acid groups is 3. The predicted octanol–water partition coefficient (Wildman–Crippen LogP) is 7.57. The van der Waals surface area contributed by atoms with E-state index in [0.717, 1.165) is 0 Å². The van der Waals surface area contributed by atoms with Gasteiger partial charge in [-0.15, -0.1) is 0 Å². The zero-order valence-electron chi connectivity index (χ0n) is 36.2. The standard InChI is InChI=1S/C15H23O6P.C13H19O6P.C12H17O6P/c1-14(2,3)21-13(16)11-8-6-7-9-12(11)15(4,5)10-20-22(17,18)19;1-13(2,3)19-12(14)11-7-5-4-6-10(11)8-9-18-20(15,16)17;1-12(2,3)18-11(13)10-7-5-4-6-9(10)8-17-19(14,15)16/h6-9H,10H2,1-5H3,(H2,17,18,19);4-7H,8-9H2,1-3H3,(H2,15,16,17);4-7H,8H2,1-3H3,(H2,14,15,16). The average molecular weight is 921 g/mol. The van der Waals surface area contributed by atoms with Gasteiger partial charge in [0, 0.05) is 5.41 Å². The van der Waals surface area contributed by atoms with Crippen LogP contribution in [0.4, 0.5) is 0 Å². The van der Waals surface area contributed by atoms with Crippen molar-refractivity contribution in [2.45, 2.75) is 111 Å². The SMILES string of the molecule is CC(C)(C)OC(=O)c1ccccc1C(C)(C)COP(=O)(O)O.CC(C)(C)OC(=O)c1ccccc1CCOP(=O)(O)O.CC(C)(C)OC(=O)c1ccccc1COP(=O)(O)O. The maximum atomic E-state index is 12.3. The molecule has 0 spiro atoms. The lowest BCUT2D eigenvalue weighted by atomic mass is 9.82. The summed E-state index contributed by atoms with van der Waals surface area (Å²) in [7, 11) is -13.6. The Morgan fingerprint density at radius 2 is 0.820 bits per heavy atom. The molecular formula is C40H59O18P3. The fourth-order valence-corrected chi connectivity index (χ4v) is 5.91. The molecule has 0 amide bonds. The number of benzene rings is 3. The van der Waals surface area contributed by atoms with Crippen molar-refractivity contribution in [3.63, 3.8) is 0 Å². The Balaban J connectivity index is 0.000000459. The van der Waals surface area contributed by atoms with Gasteiger partial charge in [-0.3, -0.25) is 13.6 Å². The molecule has 0 heterocycles. The molecule has 0 aliphatic rings. The van der Waals surface area contributed by atoms with Gasteiger partial charge in [-0.05, 0) is 104 Å². The highest BCUT2D eigenvalue weighted by atomic mass is 31.2. The van der Waals surface area contributed by atoms with Crippen LogP contribution in [0.5, 0.6) is 0 Å². The normalized spacial score (nSPS) is 12.5. The minimum Gasteiger partial charge on any atom is -0.456 e. The first-order valence-corrected chi connectivity index (χ1v) is 23.1. The number of esters is 3. The largest absolute Gasteiger partial charge is 0.469 e. The van der Waals surface area contributed by atoms with Gasteiger partial charge in [-0.1, -0.05) is 68.4 Å². The van der Waals surface area contributed by atoms with Crippen LogP contribution in [0.15, 0.2) is 72.8 Å². The third kappa shape index (κ3) is 24.6.